The Morgan fingerprint density at radius 1 is 1.75 bits per heavy atom. The maximum Gasteiger partial charge on any atom is 0.130 e. The van der Waals surface area contributed by atoms with Crippen molar-refractivity contribution in [1.29, 1.82) is 0 Å². The summed E-state index contributed by atoms with van der Waals surface area (Å²) in [5.41, 5.74) is 2.26. The molecule has 1 aliphatic heterocycles. The second-order valence-electron chi connectivity index (χ2n) is 2.76. The van der Waals surface area contributed by atoms with Gasteiger partial charge in [0.15, 0.2) is 0 Å². The fourth-order valence-electron chi connectivity index (χ4n) is 1.39. The number of fused-ring (bicyclic) bond motifs is 1. The first-order valence-electron chi connectivity index (χ1n) is 3.65. The van der Waals surface area contributed by atoms with Crippen LogP contribution in [0, 0.1) is 0 Å². The molecule has 1 aliphatic rings. The monoisotopic (exact) mass is 247 g/mol. The smallest absolute Gasteiger partial charge is 0.130 e. The van der Waals surface area contributed by atoms with Crippen molar-refractivity contribution in [2.24, 2.45) is 0 Å². The van der Waals surface area contributed by atoms with Crippen LogP contribution in [0.5, 0.6) is 0 Å². The standard InChI is InChI=1S/C8H7BrClNO/c1-4-7-5(3-12-4)2-6(10)11-8(7)9/h2,4H,3H2,1H3/t4-/m1/s1. The second-order valence-corrected chi connectivity index (χ2v) is 3.90. The van der Waals surface area contributed by atoms with Crippen LogP contribution in [-0.2, 0) is 11.3 Å². The van der Waals surface area contributed by atoms with E-state index in [2.05, 4.69) is 20.9 Å². The van der Waals surface area contributed by atoms with E-state index in [0.717, 1.165) is 15.7 Å². The van der Waals surface area contributed by atoms with Crippen LogP contribution in [0.1, 0.15) is 24.2 Å². The average molecular weight is 249 g/mol. The van der Waals surface area contributed by atoms with Crippen molar-refractivity contribution in [3.63, 3.8) is 0 Å². The molecule has 1 atom stereocenters. The quantitative estimate of drug-likeness (QED) is 0.658. The van der Waals surface area contributed by atoms with Crippen molar-refractivity contribution in [2.45, 2.75) is 19.6 Å². The Hall–Kier alpha value is -0.120. The third-order valence-corrected chi connectivity index (χ3v) is 2.76. The predicted molar refractivity (Wildman–Crippen MR) is 50.2 cm³/mol. The third kappa shape index (κ3) is 1.26. The molecule has 0 fully saturated rings. The molecule has 4 heteroatoms. The van der Waals surface area contributed by atoms with Crippen molar-refractivity contribution in [1.82, 2.24) is 4.98 Å². The Balaban J connectivity index is 2.60. The first kappa shape index (κ1) is 8.48. The Bertz CT molecular complexity index is 329. The molecule has 0 amide bonds. The first-order chi connectivity index (χ1) is 5.68. The van der Waals surface area contributed by atoms with E-state index in [9.17, 15) is 0 Å². The molecule has 2 nitrogen and oxygen atoms in total. The Morgan fingerprint density at radius 3 is 3.25 bits per heavy atom. The summed E-state index contributed by atoms with van der Waals surface area (Å²) in [4.78, 5) is 4.10. The van der Waals surface area contributed by atoms with Crippen molar-refractivity contribution in [3.05, 3.63) is 26.9 Å². The van der Waals surface area contributed by atoms with Crippen LogP contribution in [0.15, 0.2) is 10.7 Å². The van der Waals surface area contributed by atoms with Gasteiger partial charge in [0, 0.05) is 5.56 Å². The molecule has 0 saturated heterocycles. The van der Waals surface area contributed by atoms with Gasteiger partial charge in [0.2, 0.25) is 0 Å². The fraction of sp³-hybridized carbons (Fsp3) is 0.375. The lowest BCUT2D eigenvalue weighted by molar-refractivity contribution is 0.0792. The lowest BCUT2D eigenvalue weighted by atomic mass is 10.1. The van der Waals surface area contributed by atoms with E-state index in [4.69, 9.17) is 16.3 Å². The third-order valence-electron chi connectivity index (χ3n) is 1.96. The van der Waals surface area contributed by atoms with Crippen LogP contribution in [0.3, 0.4) is 0 Å². The summed E-state index contributed by atoms with van der Waals surface area (Å²) >= 11 is 9.14. The Kier molecular flexibility index (Phi) is 2.10. The molecule has 0 aliphatic carbocycles. The van der Waals surface area contributed by atoms with E-state index in [-0.39, 0.29) is 6.10 Å². The second kappa shape index (κ2) is 2.98. The van der Waals surface area contributed by atoms with Gasteiger partial charge in [-0.2, -0.15) is 0 Å². The van der Waals surface area contributed by atoms with Gasteiger partial charge in [-0.3, -0.25) is 0 Å². The van der Waals surface area contributed by atoms with Gasteiger partial charge in [-0.15, -0.1) is 0 Å². The van der Waals surface area contributed by atoms with Crippen LogP contribution in [-0.4, -0.2) is 4.98 Å². The largest absolute Gasteiger partial charge is 0.369 e. The lowest BCUT2D eigenvalue weighted by Gasteiger charge is -2.04. The van der Waals surface area contributed by atoms with Gasteiger partial charge in [0.05, 0.1) is 12.7 Å². The van der Waals surface area contributed by atoms with Gasteiger partial charge >= 0.3 is 0 Å². The van der Waals surface area contributed by atoms with Crippen LogP contribution >= 0.6 is 27.5 Å². The Labute approximate surface area is 84.0 Å². The van der Waals surface area contributed by atoms with Crippen molar-refractivity contribution in [3.8, 4) is 0 Å². The molecule has 0 radical (unpaired) electrons. The summed E-state index contributed by atoms with van der Waals surface area (Å²) in [6.45, 7) is 2.64. The first-order valence-corrected chi connectivity index (χ1v) is 4.82. The minimum Gasteiger partial charge on any atom is -0.369 e. The van der Waals surface area contributed by atoms with Crippen LogP contribution in [0.4, 0.5) is 0 Å². The molecule has 2 rings (SSSR count). The number of hydrogen-bond acceptors (Lipinski definition) is 2. The highest BCUT2D eigenvalue weighted by atomic mass is 79.9. The molecule has 2 heterocycles. The van der Waals surface area contributed by atoms with Gasteiger partial charge in [-0.05, 0) is 34.5 Å². The van der Waals surface area contributed by atoms with Crippen LogP contribution in [0.25, 0.3) is 0 Å². The van der Waals surface area contributed by atoms with Crippen LogP contribution < -0.4 is 0 Å². The van der Waals surface area contributed by atoms with E-state index >= 15 is 0 Å². The number of ether oxygens (including phenoxy) is 1. The molecular weight excluding hydrogens is 241 g/mol. The number of halogens is 2. The Morgan fingerprint density at radius 2 is 2.50 bits per heavy atom. The SMILES string of the molecule is C[C@H]1OCc2cc(Cl)nc(Br)c21. The molecule has 0 aromatic carbocycles. The van der Waals surface area contributed by atoms with Gasteiger partial charge in [0.25, 0.3) is 0 Å². The fourth-order valence-corrected chi connectivity index (χ4v) is 2.47. The highest BCUT2D eigenvalue weighted by Crippen LogP contribution is 2.35. The maximum absolute atomic E-state index is 5.78. The summed E-state index contributed by atoms with van der Waals surface area (Å²) in [7, 11) is 0. The number of pyridine rings is 1. The topological polar surface area (TPSA) is 22.1 Å². The zero-order chi connectivity index (χ0) is 8.72. The number of nitrogens with zero attached hydrogens (tertiary/aromatic N) is 1. The zero-order valence-corrected chi connectivity index (χ0v) is 8.82. The molecular formula is C8H7BrClNO. The molecule has 0 spiro atoms. The minimum atomic E-state index is 0.124. The predicted octanol–water partition coefficient (Wildman–Crippen LogP) is 3.09. The van der Waals surface area contributed by atoms with Crippen molar-refractivity contribution >= 4 is 27.5 Å². The van der Waals surface area contributed by atoms with E-state index in [1.807, 2.05) is 13.0 Å². The summed E-state index contributed by atoms with van der Waals surface area (Å²) in [6.07, 6.45) is 0.124. The number of hydrogen-bond donors (Lipinski definition) is 0. The number of aromatic nitrogens is 1. The van der Waals surface area contributed by atoms with Gasteiger partial charge in [-0.25, -0.2) is 4.98 Å². The molecule has 0 saturated carbocycles. The van der Waals surface area contributed by atoms with E-state index in [0.29, 0.717) is 11.8 Å². The molecule has 1 aromatic rings. The summed E-state index contributed by atoms with van der Waals surface area (Å²) in [6, 6.07) is 1.85. The lowest BCUT2D eigenvalue weighted by Crippen LogP contribution is -1.92. The molecule has 1 aromatic heterocycles. The van der Waals surface area contributed by atoms with Crippen LogP contribution in [0.2, 0.25) is 5.15 Å². The van der Waals surface area contributed by atoms with Gasteiger partial charge in [0.1, 0.15) is 9.76 Å². The van der Waals surface area contributed by atoms with Crippen molar-refractivity contribution in [2.75, 3.05) is 0 Å². The number of rotatable bonds is 0. The minimum absolute atomic E-state index is 0.124. The van der Waals surface area contributed by atoms with Gasteiger partial charge in [-0.1, -0.05) is 11.6 Å². The zero-order valence-electron chi connectivity index (χ0n) is 6.47. The molecule has 12 heavy (non-hydrogen) atoms. The maximum atomic E-state index is 5.78. The molecule has 0 unspecified atom stereocenters. The summed E-state index contributed by atoms with van der Waals surface area (Å²) in [5, 5.41) is 0.512. The molecule has 0 bridgehead atoms. The highest BCUT2D eigenvalue weighted by molar-refractivity contribution is 9.10. The molecule has 0 N–H and O–H groups in total. The summed E-state index contributed by atoms with van der Waals surface area (Å²) < 4.78 is 6.23. The van der Waals surface area contributed by atoms with Crippen molar-refractivity contribution < 1.29 is 4.74 Å². The highest BCUT2D eigenvalue weighted by Gasteiger charge is 2.23. The van der Waals surface area contributed by atoms with E-state index < -0.39 is 0 Å². The van der Waals surface area contributed by atoms with Gasteiger partial charge < -0.3 is 4.74 Å². The van der Waals surface area contributed by atoms with E-state index in [1.54, 1.807) is 0 Å². The van der Waals surface area contributed by atoms with E-state index in [1.165, 1.54) is 0 Å². The normalized spacial score (nSPS) is 21.1. The average Bonchev–Trinajstić information content (AvgIpc) is 2.31. The summed E-state index contributed by atoms with van der Waals surface area (Å²) in [5.74, 6) is 0. The molecule has 64 valence electrons.